The summed E-state index contributed by atoms with van der Waals surface area (Å²) in [4.78, 5) is 21.1. The van der Waals surface area contributed by atoms with Crippen molar-refractivity contribution in [3.8, 4) is 0 Å². The van der Waals surface area contributed by atoms with Gasteiger partial charge in [0.1, 0.15) is 6.61 Å². The summed E-state index contributed by atoms with van der Waals surface area (Å²) >= 11 is 0. The van der Waals surface area contributed by atoms with Gasteiger partial charge >= 0.3 is 5.97 Å². The normalized spacial score (nSPS) is 9.94. The average Bonchev–Trinajstić information content (AvgIpc) is 2.26. The molecule has 0 aliphatic rings. The fourth-order valence-electron chi connectivity index (χ4n) is 1.24. The second-order valence-electron chi connectivity index (χ2n) is 3.39. The molecule has 1 aromatic carbocycles. The van der Waals surface area contributed by atoms with Crippen molar-refractivity contribution in [1.29, 1.82) is 0 Å². The molecule has 0 aliphatic heterocycles. The number of nitro benzene ring substituents is 1. The number of benzene rings is 1. The molecule has 0 fully saturated rings. The van der Waals surface area contributed by atoms with Gasteiger partial charge in [0, 0.05) is 24.4 Å². The number of nitro groups is 1. The van der Waals surface area contributed by atoms with Crippen molar-refractivity contribution in [3.63, 3.8) is 0 Å². The van der Waals surface area contributed by atoms with Crippen LogP contribution in [-0.4, -0.2) is 17.4 Å². The van der Waals surface area contributed by atoms with Crippen LogP contribution >= 0.6 is 0 Å². The third-order valence-corrected chi connectivity index (χ3v) is 1.96. The largest absolute Gasteiger partial charge is 0.461 e. The zero-order chi connectivity index (χ0) is 12.8. The summed E-state index contributed by atoms with van der Waals surface area (Å²) < 4.78 is 4.86. The van der Waals surface area contributed by atoms with E-state index in [2.05, 4.69) is 0 Å². The molecule has 0 bridgehead atoms. The Morgan fingerprint density at radius 1 is 1.41 bits per heavy atom. The molecule has 1 rings (SSSR count). The zero-order valence-electron chi connectivity index (χ0n) is 9.09. The number of hydrogen-bond acceptors (Lipinski definition) is 6. The Morgan fingerprint density at radius 2 is 2.12 bits per heavy atom. The number of nitrogens with zero attached hydrogens (tertiary/aromatic N) is 1. The summed E-state index contributed by atoms with van der Waals surface area (Å²) in [7, 11) is 0. The molecular formula is C10H13N3O4. The standard InChI is InChI=1S/C10H13N3O4/c11-2-1-10(14)17-6-7-3-8(12)5-9(4-7)13(15)16/h3-5H,1-2,6,11-12H2. The van der Waals surface area contributed by atoms with Crippen LogP contribution < -0.4 is 11.5 Å². The molecule has 0 aromatic heterocycles. The number of carbonyl (C=O) groups excluding carboxylic acids is 1. The lowest BCUT2D eigenvalue weighted by Crippen LogP contribution is -2.11. The lowest BCUT2D eigenvalue weighted by Gasteiger charge is -2.05. The molecule has 0 aliphatic carbocycles. The van der Waals surface area contributed by atoms with Crippen LogP contribution in [0.25, 0.3) is 0 Å². The van der Waals surface area contributed by atoms with Gasteiger partial charge < -0.3 is 16.2 Å². The summed E-state index contributed by atoms with van der Waals surface area (Å²) in [6, 6.07) is 4.07. The van der Waals surface area contributed by atoms with Gasteiger partial charge in [-0.15, -0.1) is 0 Å². The van der Waals surface area contributed by atoms with Gasteiger partial charge in [0.25, 0.3) is 5.69 Å². The minimum absolute atomic E-state index is 0.0509. The number of esters is 1. The van der Waals surface area contributed by atoms with Crippen LogP contribution in [0.5, 0.6) is 0 Å². The molecule has 7 nitrogen and oxygen atoms in total. The molecule has 7 heteroatoms. The number of nitrogens with two attached hydrogens (primary N) is 2. The summed E-state index contributed by atoms with van der Waals surface area (Å²) in [6.45, 7) is 0.153. The van der Waals surface area contributed by atoms with E-state index < -0.39 is 10.9 Å². The van der Waals surface area contributed by atoms with Gasteiger partial charge in [-0.25, -0.2) is 0 Å². The van der Waals surface area contributed by atoms with Gasteiger partial charge in [-0.2, -0.15) is 0 Å². The van der Waals surface area contributed by atoms with E-state index in [1.54, 1.807) is 0 Å². The highest BCUT2D eigenvalue weighted by atomic mass is 16.6. The van der Waals surface area contributed by atoms with Crippen molar-refractivity contribution in [2.24, 2.45) is 5.73 Å². The predicted octanol–water partition coefficient (Wildman–Crippen LogP) is 0.569. The Morgan fingerprint density at radius 3 is 2.71 bits per heavy atom. The maximum absolute atomic E-state index is 11.1. The van der Waals surface area contributed by atoms with Crippen molar-refractivity contribution in [1.82, 2.24) is 0 Å². The van der Waals surface area contributed by atoms with Crippen molar-refractivity contribution in [2.45, 2.75) is 13.0 Å². The summed E-state index contributed by atoms with van der Waals surface area (Å²) in [6.07, 6.45) is 0.115. The van der Waals surface area contributed by atoms with Crippen LogP contribution in [0.3, 0.4) is 0 Å². The van der Waals surface area contributed by atoms with E-state index in [0.29, 0.717) is 5.56 Å². The van der Waals surface area contributed by atoms with E-state index in [9.17, 15) is 14.9 Å². The van der Waals surface area contributed by atoms with E-state index in [4.69, 9.17) is 16.2 Å². The molecule has 1 aromatic rings. The van der Waals surface area contributed by atoms with Crippen LogP contribution in [0.2, 0.25) is 0 Å². The monoisotopic (exact) mass is 239 g/mol. The molecule has 4 N–H and O–H groups in total. The summed E-state index contributed by atoms with van der Waals surface area (Å²) in [5, 5.41) is 10.6. The molecule has 0 unspecified atom stereocenters. The van der Waals surface area contributed by atoms with Gasteiger partial charge in [0.05, 0.1) is 11.3 Å². The number of nitrogen functional groups attached to an aromatic ring is 1. The number of rotatable bonds is 5. The fraction of sp³-hybridized carbons (Fsp3) is 0.300. The number of anilines is 1. The molecule has 0 heterocycles. The number of ether oxygens (including phenoxy) is 1. The van der Waals surface area contributed by atoms with Crippen LogP contribution in [0.15, 0.2) is 18.2 Å². The Bertz CT molecular complexity index is 434. The minimum atomic E-state index is -0.554. The van der Waals surface area contributed by atoms with E-state index >= 15 is 0 Å². The molecule has 0 saturated carbocycles. The van der Waals surface area contributed by atoms with Crippen molar-refractivity contribution < 1.29 is 14.5 Å². The zero-order valence-corrected chi connectivity index (χ0v) is 9.09. The molecule has 0 spiro atoms. The quantitative estimate of drug-likeness (QED) is 0.335. The molecule has 0 amide bonds. The first-order chi connectivity index (χ1) is 8.02. The number of hydrogen-bond donors (Lipinski definition) is 2. The van der Waals surface area contributed by atoms with E-state index in [1.807, 2.05) is 0 Å². The van der Waals surface area contributed by atoms with Crippen molar-refractivity contribution >= 4 is 17.3 Å². The van der Waals surface area contributed by atoms with Crippen molar-refractivity contribution in [3.05, 3.63) is 33.9 Å². The topological polar surface area (TPSA) is 121 Å². The van der Waals surface area contributed by atoms with E-state index in [1.165, 1.54) is 18.2 Å². The first kappa shape index (κ1) is 12.9. The Hall–Kier alpha value is -2.15. The first-order valence-electron chi connectivity index (χ1n) is 4.92. The van der Waals surface area contributed by atoms with Gasteiger partial charge in [-0.3, -0.25) is 14.9 Å². The third-order valence-electron chi connectivity index (χ3n) is 1.96. The summed E-state index contributed by atoms with van der Waals surface area (Å²) in [5.41, 5.74) is 11.3. The Kier molecular flexibility index (Phi) is 4.41. The molecule has 92 valence electrons. The van der Waals surface area contributed by atoms with Gasteiger partial charge in [0.15, 0.2) is 0 Å². The van der Waals surface area contributed by atoms with Crippen LogP contribution in [0.1, 0.15) is 12.0 Å². The van der Waals surface area contributed by atoms with Crippen molar-refractivity contribution in [2.75, 3.05) is 12.3 Å². The van der Waals surface area contributed by atoms with E-state index in [-0.39, 0.29) is 30.9 Å². The number of non-ortho nitro benzene ring substituents is 1. The predicted molar refractivity (Wildman–Crippen MR) is 61.0 cm³/mol. The highest BCUT2D eigenvalue weighted by Crippen LogP contribution is 2.19. The molecular weight excluding hydrogens is 226 g/mol. The molecule has 0 saturated heterocycles. The maximum Gasteiger partial charge on any atom is 0.307 e. The maximum atomic E-state index is 11.1. The van der Waals surface area contributed by atoms with Gasteiger partial charge in [0.2, 0.25) is 0 Å². The van der Waals surface area contributed by atoms with Crippen LogP contribution in [0, 0.1) is 10.1 Å². The number of carbonyl (C=O) groups is 1. The lowest BCUT2D eigenvalue weighted by molar-refractivity contribution is -0.384. The van der Waals surface area contributed by atoms with E-state index in [0.717, 1.165) is 0 Å². The van der Waals surface area contributed by atoms with Gasteiger partial charge in [-0.1, -0.05) is 0 Å². The molecule has 0 radical (unpaired) electrons. The fourth-order valence-corrected chi connectivity index (χ4v) is 1.24. The second-order valence-corrected chi connectivity index (χ2v) is 3.39. The molecule has 0 atom stereocenters. The first-order valence-corrected chi connectivity index (χ1v) is 4.92. The lowest BCUT2D eigenvalue weighted by atomic mass is 10.2. The van der Waals surface area contributed by atoms with Gasteiger partial charge in [-0.05, 0) is 11.6 Å². The highest BCUT2D eigenvalue weighted by Gasteiger charge is 2.09. The minimum Gasteiger partial charge on any atom is -0.461 e. The van der Waals surface area contributed by atoms with Crippen LogP contribution in [-0.2, 0) is 16.1 Å². The second kappa shape index (κ2) is 5.80. The smallest absolute Gasteiger partial charge is 0.307 e. The average molecular weight is 239 g/mol. The Labute approximate surface area is 97.5 Å². The summed E-state index contributed by atoms with van der Waals surface area (Å²) in [5.74, 6) is -0.447. The highest BCUT2D eigenvalue weighted by molar-refractivity contribution is 5.69. The SMILES string of the molecule is NCCC(=O)OCc1cc(N)cc([N+](=O)[O-])c1. The van der Waals surface area contributed by atoms with Crippen LogP contribution in [0.4, 0.5) is 11.4 Å². The third kappa shape index (κ3) is 4.07. The molecule has 17 heavy (non-hydrogen) atoms. The Balaban J connectivity index is 2.71.